The summed E-state index contributed by atoms with van der Waals surface area (Å²) in [7, 11) is 3.93. The third-order valence-corrected chi connectivity index (χ3v) is 4.33. The molecule has 0 unspecified atom stereocenters. The van der Waals surface area contributed by atoms with Crippen molar-refractivity contribution in [3.63, 3.8) is 0 Å². The second kappa shape index (κ2) is 9.68. The highest BCUT2D eigenvalue weighted by Gasteiger charge is 2.06. The van der Waals surface area contributed by atoms with Crippen LogP contribution < -0.4 is 10.6 Å². The van der Waals surface area contributed by atoms with Crippen molar-refractivity contribution in [1.29, 1.82) is 0 Å². The molecule has 0 saturated carbocycles. The summed E-state index contributed by atoms with van der Waals surface area (Å²) in [6.07, 6.45) is 3.00. The van der Waals surface area contributed by atoms with Crippen LogP contribution in [0.4, 0.5) is 0 Å². The minimum Gasteiger partial charge on any atom is -0.356 e. The zero-order chi connectivity index (χ0) is 18.9. The van der Waals surface area contributed by atoms with Gasteiger partial charge in [0, 0.05) is 26.3 Å². The van der Waals surface area contributed by atoms with E-state index in [0.717, 1.165) is 43.5 Å². The van der Waals surface area contributed by atoms with Crippen LogP contribution in [0.15, 0.2) is 59.7 Å². The molecule has 0 atom stereocenters. The van der Waals surface area contributed by atoms with E-state index in [0.29, 0.717) is 6.54 Å². The lowest BCUT2D eigenvalue weighted by atomic mass is 10.2. The van der Waals surface area contributed by atoms with Crippen molar-refractivity contribution in [2.24, 2.45) is 4.99 Å². The van der Waals surface area contributed by atoms with Crippen LogP contribution in [0.2, 0.25) is 0 Å². The Balaban J connectivity index is 1.38. The second-order valence-corrected chi connectivity index (χ2v) is 6.47. The molecule has 0 bridgehead atoms. The quantitative estimate of drug-likeness (QED) is 0.363. The number of benzene rings is 1. The highest BCUT2D eigenvalue weighted by atomic mass is 15.3. The minimum atomic E-state index is 0.568. The zero-order valence-electron chi connectivity index (χ0n) is 16.0. The van der Waals surface area contributed by atoms with Gasteiger partial charge in [-0.3, -0.25) is 9.39 Å². The standard InChI is InChI=1S/C20H27N7/c1-21-20(23-15-19-25-24-18-11-6-7-14-27(18)19)22-12-8-13-26(2)16-17-9-4-3-5-10-17/h3-7,9-11,14H,8,12-13,15-16H2,1-2H3,(H2,21,22,23). The van der Waals surface area contributed by atoms with Gasteiger partial charge in [0.1, 0.15) is 0 Å². The Morgan fingerprint density at radius 1 is 1.07 bits per heavy atom. The van der Waals surface area contributed by atoms with Crippen molar-refractivity contribution >= 4 is 11.6 Å². The second-order valence-electron chi connectivity index (χ2n) is 6.47. The maximum absolute atomic E-state index is 4.28. The van der Waals surface area contributed by atoms with Crippen molar-refractivity contribution < 1.29 is 0 Å². The fraction of sp³-hybridized carbons (Fsp3) is 0.350. The molecule has 2 heterocycles. The minimum absolute atomic E-state index is 0.568. The first kappa shape index (κ1) is 18.8. The third kappa shape index (κ3) is 5.52. The molecule has 0 spiro atoms. The van der Waals surface area contributed by atoms with Crippen LogP contribution in [0, 0.1) is 0 Å². The molecule has 0 amide bonds. The van der Waals surface area contributed by atoms with Gasteiger partial charge in [-0.15, -0.1) is 10.2 Å². The fourth-order valence-electron chi connectivity index (χ4n) is 2.92. The molecule has 0 saturated heterocycles. The number of nitrogens with zero attached hydrogens (tertiary/aromatic N) is 5. The van der Waals surface area contributed by atoms with Crippen LogP contribution in [0.25, 0.3) is 5.65 Å². The number of hydrogen-bond donors (Lipinski definition) is 2. The lowest BCUT2D eigenvalue weighted by Crippen LogP contribution is -2.38. The number of aromatic nitrogens is 3. The van der Waals surface area contributed by atoms with E-state index in [1.165, 1.54) is 5.56 Å². The highest BCUT2D eigenvalue weighted by Crippen LogP contribution is 2.03. The Bertz CT molecular complexity index is 857. The molecule has 3 aromatic rings. The van der Waals surface area contributed by atoms with Crippen LogP contribution in [-0.4, -0.2) is 52.6 Å². The first-order valence-electron chi connectivity index (χ1n) is 9.22. The van der Waals surface area contributed by atoms with E-state index >= 15 is 0 Å². The Hall–Kier alpha value is -2.93. The fourth-order valence-corrected chi connectivity index (χ4v) is 2.92. The third-order valence-electron chi connectivity index (χ3n) is 4.33. The molecule has 0 aliphatic rings. The maximum Gasteiger partial charge on any atom is 0.191 e. The van der Waals surface area contributed by atoms with E-state index in [2.05, 4.69) is 62.0 Å². The van der Waals surface area contributed by atoms with Gasteiger partial charge in [-0.25, -0.2) is 0 Å². The van der Waals surface area contributed by atoms with Gasteiger partial charge in [-0.1, -0.05) is 36.4 Å². The Kier molecular flexibility index (Phi) is 6.76. The molecule has 0 fully saturated rings. The van der Waals surface area contributed by atoms with Crippen LogP contribution in [0.5, 0.6) is 0 Å². The largest absolute Gasteiger partial charge is 0.356 e. The van der Waals surface area contributed by atoms with E-state index in [1.807, 2.05) is 34.9 Å². The molecule has 0 aliphatic carbocycles. The number of fused-ring (bicyclic) bond motifs is 1. The number of aliphatic imine (C=N–C) groups is 1. The van der Waals surface area contributed by atoms with Crippen molar-refractivity contribution in [3.8, 4) is 0 Å². The monoisotopic (exact) mass is 365 g/mol. The van der Waals surface area contributed by atoms with E-state index in [4.69, 9.17) is 0 Å². The molecule has 3 rings (SSSR count). The van der Waals surface area contributed by atoms with Crippen molar-refractivity contribution in [2.75, 3.05) is 27.2 Å². The molecule has 27 heavy (non-hydrogen) atoms. The molecule has 0 aliphatic heterocycles. The zero-order valence-corrected chi connectivity index (χ0v) is 16.0. The number of nitrogens with one attached hydrogen (secondary N) is 2. The van der Waals surface area contributed by atoms with Gasteiger partial charge >= 0.3 is 0 Å². The molecular formula is C20H27N7. The first-order valence-corrected chi connectivity index (χ1v) is 9.22. The van der Waals surface area contributed by atoms with Gasteiger partial charge < -0.3 is 15.5 Å². The maximum atomic E-state index is 4.28. The lowest BCUT2D eigenvalue weighted by Gasteiger charge is -2.17. The van der Waals surface area contributed by atoms with Gasteiger partial charge in [-0.05, 0) is 37.7 Å². The Labute approximate surface area is 160 Å². The lowest BCUT2D eigenvalue weighted by molar-refractivity contribution is 0.322. The summed E-state index contributed by atoms with van der Waals surface area (Å²) in [5.41, 5.74) is 2.18. The summed E-state index contributed by atoms with van der Waals surface area (Å²) < 4.78 is 1.97. The molecule has 7 heteroatoms. The number of rotatable bonds is 8. The molecular weight excluding hydrogens is 338 g/mol. The predicted octanol–water partition coefficient (Wildman–Crippen LogP) is 1.92. The Morgan fingerprint density at radius 3 is 2.70 bits per heavy atom. The summed E-state index contributed by atoms with van der Waals surface area (Å²) in [6, 6.07) is 16.4. The van der Waals surface area contributed by atoms with Gasteiger partial charge in [0.2, 0.25) is 0 Å². The summed E-state index contributed by atoms with van der Waals surface area (Å²) in [5, 5.41) is 15.0. The summed E-state index contributed by atoms with van der Waals surface area (Å²) >= 11 is 0. The molecule has 1 aromatic carbocycles. The van der Waals surface area contributed by atoms with Gasteiger partial charge in [0.25, 0.3) is 0 Å². The summed E-state index contributed by atoms with van der Waals surface area (Å²) in [6.45, 7) is 3.42. The molecule has 142 valence electrons. The van der Waals surface area contributed by atoms with Crippen LogP contribution in [0.3, 0.4) is 0 Å². The van der Waals surface area contributed by atoms with Crippen molar-refractivity contribution in [3.05, 3.63) is 66.1 Å². The molecule has 7 nitrogen and oxygen atoms in total. The van der Waals surface area contributed by atoms with Crippen LogP contribution >= 0.6 is 0 Å². The van der Waals surface area contributed by atoms with E-state index in [1.54, 1.807) is 7.05 Å². The Morgan fingerprint density at radius 2 is 1.89 bits per heavy atom. The van der Waals surface area contributed by atoms with E-state index in [9.17, 15) is 0 Å². The predicted molar refractivity (Wildman–Crippen MR) is 109 cm³/mol. The van der Waals surface area contributed by atoms with Gasteiger partial charge in [0.05, 0.1) is 6.54 Å². The number of hydrogen-bond acceptors (Lipinski definition) is 4. The van der Waals surface area contributed by atoms with Crippen molar-refractivity contribution in [2.45, 2.75) is 19.5 Å². The van der Waals surface area contributed by atoms with Crippen LogP contribution in [0.1, 0.15) is 17.8 Å². The molecule has 2 aromatic heterocycles. The van der Waals surface area contributed by atoms with Gasteiger partial charge in [0.15, 0.2) is 17.4 Å². The normalized spacial score (nSPS) is 11.9. The topological polar surface area (TPSA) is 69.8 Å². The average molecular weight is 365 g/mol. The summed E-state index contributed by atoms with van der Waals surface area (Å²) in [5.74, 6) is 1.63. The smallest absolute Gasteiger partial charge is 0.191 e. The molecule has 2 N–H and O–H groups in total. The number of guanidine groups is 1. The number of pyridine rings is 1. The highest BCUT2D eigenvalue weighted by molar-refractivity contribution is 5.79. The first-order chi connectivity index (χ1) is 13.3. The van der Waals surface area contributed by atoms with Crippen molar-refractivity contribution in [1.82, 2.24) is 30.1 Å². The van der Waals surface area contributed by atoms with E-state index in [-0.39, 0.29) is 0 Å². The summed E-state index contributed by atoms with van der Waals surface area (Å²) in [4.78, 5) is 6.60. The van der Waals surface area contributed by atoms with E-state index < -0.39 is 0 Å². The SMILES string of the molecule is CN=C(NCCCN(C)Cc1ccccc1)NCc1nnc2ccccn12. The average Bonchev–Trinajstić information content (AvgIpc) is 3.11. The molecule has 0 radical (unpaired) electrons. The van der Waals surface area contributed by atoms with Gasteiger partial charge in [-0.2, -0.15) is 0 Å². The van der Waals surface area contributed by atoms with Crippen LogP contribution in [-0.2, 0) is 13.1 Å².